The Kier molecular flexibility index (Phi) is 3.53. The lowest BCUT2D eigenvalue weighted by Crippen LogP contribution is -2.04. The smallest absolute Gasteiger partial charge is 0.341 e. The Bertz CT molecular complexity index is 651. The molecule has 1 fully saturated rings. The van der Waals surface area contributed by atoms with Crippen molar-refractivity contribution in [2.45, 2.75) is 51.5 Å². The zero-order valence-corrected chi connectivity index (χ0v) is 12.2. The Labute approximate surface area is 122 Å². The first kappa shape index (κ1) is 13.9. The Morgan fingerprint density at radius 1 is 1.43 bits per heavy atom. The fourth-order valence-corrected chi connectivity index (χ4v) is 2.92. The molecule has 6 heteroatoms. The molecule has 0 radical (unpaired) electrons. The zero-order valence-electron chi connectivity index (χ0n) is 12.2. The number of rotatable bonds is 4. The summed E-state index contributed by atoms with van der Waals surface area (Å²) >= 11 is 0. The fraction of sp³-hybridized carbons (Fsp3) is 0.533. The topological polar surface area (TPSA) is 81.2 Å². The lowest BCUT2D eigenvalue weighted by Gasteiger charge is -2.05. The van der Waals surface area contributed by atoms with E-state index < -0.39 is 5.97 Å². The van der Waals surface area contributed by atoms with Crippen molar-refractivity contribution in [1.29, 1.82) is 0 Å². The molecule has 0 unspecified atom stereocenters. The number of carboxylic acids is 1. The second kappa shape index (κ2) is 5.35. The van der Waals surface area contributed by atoms with Crippen molar-refractivity contribution in [3.63, 3.8) is 0 Å². The van der Waals surface area contributed by atoms with E-state index in [1.54, 1.807) is 10.9 Å². The largest absolute Gasteiger partial charge is 0.477 e. The number of carboxylic acid groups (broad SMARTS) is 1. The maximum atomic E-state index is 11.6. The Hall–Kier alpha value is -2.11. The number of hydrogen-bond donors (Lipinski definition) is 1. The molecule has 2 heterocycles. The Balaban J connectivity index is 2.03. The SMILES string of the molecule is CC(C)n1cc(-c2noc(C3CCCC3)c2C(=O)O)cn1. The van der Waals surface area contributed by atoms with Crippen LogP contribution in [0.15, 0.2) is 16.9 Å². The lowest BCUT2D eigenvalue weighted by atomic mass is 9.98. The molecule has 0 aliphatic heterocycles. The Morgan fingerprint density at radius 2 is 2.14 bits per heavy atom. The van der Waals surface area contributed by atoms with Crippen LogP contribution >= 0.6 is 0 Å². The third-order valence-electron chi connectivity index (χ3n) is 4.06. The van der Waals surface area contributed by atoms with Gasteiger partial charge < -0.3 is 9.63 Å². The quantitative estimate of drug-likeness (QED) is 0.932. The van der Waals surface area contributed by atoms with Gasteiger partial charge in [-0.25, -0.2) is 4.79 Å². The van der Waals surface area contributed by atoms with E-state index in [0.717, 1.165) is 25.7 Å². The van der Waals surface area contributed by atoms with Gasteiger partial charge in [0, 0.05) is 23.7 Å². The maximum absolute atomic E-state index is 11.6. The summed E-state index contributed by atoms with van der Waals surface area (Å²) in [7, 11) is 0. The van der Waals surface area contributed by atoms with Crippen molar-refractivity contribution >= 4 is 5.97 Å². The highest BCUT2D eigenvalue weighted by atomic mass is 16.5. The van der Waals surface area contributed by atoms with Crippen molar-refractivity contribution in [2.24, 2.45) is 0 Å². The highest BCUT2D eigenvalue weighted by molar-refractivity contribution is 5.95. The van der Waals surface area contributed by atoms with E-state index in [2.05, 4.69) is 10.3 Å². The first-order valence-electron chi connectivity index (χ1n) is 7.35. The number of aromatic carboxylic acids is 1. The van der Waals surface area contributed by atoms with Gasteiger partial charge in [0.25, 0.3) is 0 Å². The van der Waals surface area contributed by atoms with Crippen molar-refractivity contribution in [3.8, 4) is 11.3 Å². The van der Waals surface area contributed by atoms with Gasteiger partial charge in [0.05, 0.1) is 6.20 Å². The van der Waals surface area contributed by atoms with E-state index in [1.165, 1.54) is 0 Å². The van der Waals surface area contributed by atoms with E-state index in [0.29, 0.717) is 17.0 Å². The van der Waals surface area contributed by atoms with Crippen molar-refractivity contribution < 1.29 is 14.4 Å². The van der Waals surface area contributed by atoms with Crippen LogP contribution in [0.4, 0.5) is 0 Å². The van der Waals surface area contributed by atoms with Gasteiger partial charge in [0.1, 0.15) is 11.3 Å². The molecule has 0 atom stereocenters. The van der Waals surface area contributed by atoms with Crippen LogP contribution in [0.25, 0.3) is 11.3 Å². The fourth-order valence-electron chi connectivity index (χ4n) is 2.92. The van der Waals surface area contributed by atoms with Gasteiger partial charge in [-0.1, -0.05) is 18.0 Å². The second-order valence-corrected chi connectivity index (χ2v) is 5.86. The first-order valence-corrected chi connectivity index (χ1v) is 7.35. The lowest BCUT2D eigenvalue weighted by molar-refractivity contribution is 0.0694. The van der Waals surface area contributed by atoms with Crippen LogP contribution in [0.1, 0.15) is 67.6 Å². The summed E-state index contributed by atoms with van der Waals surface area (Å²) in [5.41, 5.74) is 1.27. The molecule has 1 aliphatic rings. The normalized spacial score (nSPS) is 16.0. The predicted octanol–water partition coefficient (Wildman–Crippen LogP) is 3.47. The molecule has 6 nitrogen and oxygen atoms in total. The molecule has 0 spiro atoms. The standard InChI is InChI=1S/C15H19N3O3/c1-9(2)18-8-11(7-16-18)13-12(15(19)20)14(21-17-13)10-5-3-4-6-10/h7-10H,3-6H2,1-2H3,(H,19,20). The van der Waals surface area contributed by atoms with Crippen LogP contribution < -0.4 is 0 Å². The highest BCUT2D eigenvalue weighted by Gasteiger charge is 2.31. The van der Waals surface area contributed by atoms with E-state index in [-0.39, 0.29) is 17.5 Å². The van der Waals surface area contributed by atoms with Crippen molar-refractivity contribution in [2.75, 3.05) is 0 Å². The van der Waals surface area contributed by atoms with Crippen LogP contribution in [0.5, 0.6) is 0 Å². The molecule has 3 rings (SSSR count). The third kappa shape index (κ3) is 2.46. The molecule has 0 amide bonds. The van der Waals surface area contributed by atoms with Crippen LogP contribution in [0.3, 0.4) is 0 Å². The van der Waals surface area contributed by atoms with Gasteiger partial charge >= 0.3 is 5.97 Å². The minimum atomic E-state index is -0.981. The van der Waals surface area contributed by atoms with Gasteiger partial charge in [-0.2, -0.15) is 5.10 Å². The molecule has 1 aliphatic carbocycles. The summed E-state index contributed by atoms with van der Waals surface area (Å²) in [6, 6.07) is 0.216. The average molecular weight is 289 g/mol. The van der Waals surface area contributed by atoms with E-state index >= 15 is 0 Å². The molecular weight excluding hydrogens is 270 g/mol. The molecule has 2 aromatic heterocycles. The van der Waals surface area contributed by atoms with Crippen LogP contribution in [-0.2, 0) is 0 Å². The average Bonchev–Trinajstić information content (AvgIpc) is 3.17. The summed E-state index contributed by atoms with van der Waals surface area (Å²) in [6.45, 7) is 4.03. The summed E-state index contributed by atoms with van der Waals surface area (Å²) < 4.78 is 7.18. The molecule has 0 saturated heterocycles. The molecule has 21 heavy (non-hydrogen) atoms. The zero-order chi connectivity index (χ0) is 15.0. The van der Waals surface area contributed by atoms with Gasteiger partial charge in [-0.15, -0.1) is 0 Å². The maximum Gasteiger partial charge on any atom is 0.341 e. The molecular formula is C15H19N3O3. The van der Waals surface area contributed by atoms with Crippen LogP contribution in [0, 0.1) is 0 Å². The molecule has 1 saturated carbocycles. The van der Waals surface area contributed by atoms with Crippen molar-refractivity contribution in [3.05, 3.63) is 23.7 Å². The summed E-state index contributed by atoms with van der Waals surface area (Å²) in [4.78, 5) is 11.6. The first-order chi connectivity index (χ1) is 10.1. The number of nitrogens with zero attached hydrogens (tertiary/aromatic N) is 3. The molecule has 112 valence electrons. The van der Waals surface area contributed by atoms with E-state index in [1.807, 2.05) is 20.0 Å². The number of hydrogen-bond acceptors (Lipinski definition) is 4. The van der Waals surface area contributed by atoms with E-state index in [4.69, 9.17) is 4.52 Å². The van der Waals surface area contributed by atoms with Gasteiger partial charge in [0.2, 0.25) is 0 Å². The monoisotopic (exact) mass is 289 g/mol. The molecule has 1 N–H and O–H groups in total. The Morgan fingerprint density at radius 3 is 2.71 bits per heavy atom. The van der Waals surface area contributed by atoms with Gasteiger partial charge in [0.15, 0.2) is 5.76 Å². The van der Waals surface area contributed by atoms with Gasteiger partial charge in [-0.3, -0.25) is 4.68 Å². The van der Waals surface area contributed by atoms with Crippen LogP contribution in [0.2, 0.25) is 0 Å². The van der Waals surface area contributed by atoms with Gasteiger partial charge in [-0.05, 0) is 26.7 Å². The van der Waals surface area contributed by atoms with E-state index in [9.17, 15) is 9.90 Å². The van der Waals surface area contributed by atoms with Crippen molar-refractivity contribution in [1.82, 2.24) is 14.9 Å². The second-order valence-electron chi connectivity index (χ2n) is 5.86. The minimum Gasteiger partial charge on any atom is -0.477 e. The highest BCUT2D eigenvalue weighted by Crippen LogP contribution is 2.38. The number of carbonyl (C=O) groups is 1. The summed E-state index contributed by atoms with van der Waals surface area (Å²) in [5, 5.41) is 17.8. The molecule has 2 aromatic rings. The summed E-state index contributed by atoms with van der Waals surface area (Å²) in [6.07, 6.45) is 7.63. The molecule has 0 bridgehead atoms. The minimum absolute atomic E-state index is 0.178. The predicted molar refractivity (Wildman–Crippen MR) is 76.3 cm³/mol. The number of aromatic nitrogens is 3. The summed E-state index contributed by atoms with van der Waals surface area (Å²) in [5.74, 6) is -0.282. The molecule has 0 aromatic carbocycles. The van der Waals surface area contributed by atoms with Crippen LogP contribution in [-0.4, -0.2) is 26.0 Å². The third-order valence-corrected chi connectivity index (χ3v) is 4.06.